The standard InChI is InChI=1S/C28H31N5O3/c1-18-14-24-22(26-23(27(34)30-24)16-29-33(26)20-8-12-36-13-9-20)15-21(18)28(35)32-11-10-31(2)25(17-32)19-6-4-3-5-7-19/h3-7,14-16,20,25H,8-13,17H2,1-2H3,(H,30,34)/t25-/m1/s1. The number of aryl methyl sites for hydroxylation is 1. The lowest BCUT2D eigenvalue weighted by molar-refractivity contribution is 0.0545. The summed E-state index contributed by atoms with van der Waals surface area (Å²) in [6, 6.07) is 14.6. The van der Waals surface area contributed by atoms with Crippen LogP contribution in [-0.4, -0.2) is 70.4 Å². The Bertz CT molecular complexity index is 1490. The topological polar surface area (TPSA) is 83.5 Å². The Kier molecular flexibility index (Phi) is 5.85. The molecule has 2 fully saturated rings. The van der Waals surface area contributed by atoms with Gasteiger partial charge in [-0.05, 0) is 50.1 Å². The SMILES string of the molecule is Cc1cc2[nH]c(=O)c3cnn(C4CCOCC4)c3c2cc1C(=O)N1CCN(C)[C@@H](c2ccccc2)C1. The first-order valence-electron chi connectivity index (χ1n) is 12.7. The van der Waals surface area contributed by atoms with E-state index in [0.717, 1.165) is 41.4 Å². The third-order valence-electron chi connectivity index (χ3n) is 7.79. The maximum absolute atomic E-state index is 13.9. The minimum atomic E-state index is -0.154. The van der Waals surface area contributed by atoms with Crippen LogP contribution in [0.3, 0.4) is 0 Å². The Balaban J connectivity index is 1.41. The highest BCUT2D eigenvalue weighted by Crippen LogP contribution is 2.31. The number of hydrogen-bond acceptors (Lipinski definition) is 5. The Morgan fingerprint density at radius 2 is 1.86 bits per heavy atom. The Morgan fingerprint density at radius 1 is 1.08 bits per heavy atom. The smallest absolute Gasteiger partial charge is 0.259 e. The first-order valence-corrected chi connectivity index (χ1v) is 12.7. The second-order valence-electron chi connectivity index (χ2n) is 10.0. The van der Waals surface area contributed by atoms with E-state index < -0.39 is 0 Å². The first-order chi connectivity index (χ1) is 17.5. The van der Waals surface area contributed by atoms with Crippen LogP contribution in [0.5, 0.6) is 0 Å². The van der Waals surface area contributed by atoms with Crippen LogP contribution in [0.2, 0.25) is 0 Å². The van der Waals surface area contributed by atoms with E-state index >= 15 is 0 Å². The second-order valence-corrected chi connectivity index (χ2v) is 10.0. The average Bonchev–Trinajstić information content (AvgIpc) is 3.36. The number of likely N-dealkylation sites (N-methyl/N-ethyl adjacent to an activating group) is 1. The van der Waals surface area contributed by atoms with Crippen molar-refractivity contribution in [3.05, 3.63) is 75.7 Å². The number of benzene rings is 2. The fraction of sp³-hybridized carbons (Fsp3) is 0.393. The van der Waals surface area contributed by atoms with Gasteiger partial charge in [0.2, 0.25) is 0 Å². The van der Waals surface area contributed by atoms with Crippen LogP contribution in [-0.2, 0) is 4.74 Å². The van der Waals surface area contributed by atoms with Crippen LogP contribution >= 0.6 is 0 Å². The van der Waals surface area contributed by atoms with E-state index in [4.69, 9.17) is 4.74 Å². The Labute approximate surface area is 209 Å². The highest BCUT2D eigenvalue weighted by Gasteiger charge is 2.30. The predicted octanol–water partition coefficient (Wildman–Crippen LogP) is 3.67. The zero-order valence-corrected chi connectivity index (χ0v) is 20.7. The average molecular weight is 486 g/mol. The number of fused-ring (bicyclic) bond motifs is 3. The summed E-state index contributed by atoms with van der Waals surface area (Å²) in [5, 5.41) is 6.02. The molecule has 6 rings (SSSR count). The van der Waals surface area contributed by atoms with Crippen molar-refractivity contribution in [3.8, 4) is 0 Å². The monoisotopic (exact) mass is 485 g/mol. The van der Waals surface area contributed by atoms with E-state index in [1.165, 1.54) is 5.56 Å². The lowest BCUT2D eigenvalue weighted by Gasteiger charge is -2.40. The number of H-pyrrole nitrogens is 1. The van der Waals surface area contributed by atoms with Gasteiger partial charge in [0.15, 0.2) is 0 Å². The molecule has 36 heavy (non-hydrogen) atoms. The van der Waals surface area contributed by atoms with Crippen molar-refractivity contribution in [3.63, 3.8) is 0 Å². The van der Waals surface area contributed by atoms with Crippen molar-refractivity contribution in [2.24, 2.45) is 0 Å². The molecule has 1 atom stereocenters. The zero-order chi connectivity index (χ0) is 24.8. The van der Waals surface area contributed by atoms with Crippen LogP contribution in [0.4, 0.5) is 0 Å². The molecule has 0 spiro atoms. The maximum atomic E-state index is 13.9. The van der Waals surface area contributed by atoms with Crippen LogP contribution in [0, 0.1) is 6.92 Å². The van der Waals surface area contributed by atoms with Crippen LogP contribution in [0.15, 0.2) is 53.5 Å². The number of ether oxygens (including phenoxy) is 1. The molecule has 1 N–H and O–H groups in total. The summed E-state index contributed by atoms with van der Waals surface area (Å²) in [5.41, 5.74) is 4.12. The van der Waals surface area contributed by atoms with Crippen LogP contribution in [0.1, 0.15) is 46.4 Å². The molecule has 8 nitrogen and oxygen atoms in total. The molecule has 2 aliphatic heterocycles. The molecular formula is C28H31N5O3. The van der Waals surface area contributed by atoms with Gasteiger partial charge < -0.3 is 14.6 Å². The number of nitrogens with zero attached hydrogens (tertiary/aromatic N) is 4. The second kappa shape index (κ2) is 9.19. The molecule has 4 heterocycles. The summed E-state index contributed by atoms with van der Waals surface area (Å²) in [5.74, 6) is 0.0277. The first kappa shape index (κ1) is 22.9. The summed E-state index contributed by atoms with van der Waals surface area (Å²) in [6.07, 6.45) is 3.35. The minimum absolute atomic E-state index is 0.0277. The van der Waals surface area contributed by atoms with E-state index in [-0.39, 0.29) is 23.6 Å². The van der Waals surface area contributed by atoms with Gasteiger partial charge in [-0.1, -0.05) is 30.3 Å². The number of piperazine rings is 1. The third-order valence-corrected chi connectivity index (χ3v) is 7.79. The Hall–Kier alpha value is -3.49. The molecular weight excluding hydrogens is 454 g/mol. The summed E-state index contributed by atoms with van der Waals surface area (Å²) in [6.45, 7) is 5.43. The van der Waals surface area contributed by atoms with Gasteiger partial charge in [0.25, 0.3) is 11.5 Å². The molecule has 2 aliphatic rings. The van der Waals surface area contributed by atoms with Gasteiger partial charge in [0, 0.05) is 43.8 Å². The molecule has 0 radical (unpaired) electrons. The molecule has 0 bridgehead atoms. The molecule has 0 saturated carbocycles. The van der Waals surface area contributed by atoms with Crippen molar-refractivity contribution in [1.82, 2.24) is 24.6 Å². The molecule has 0 unspecified atom stereocenters. The number of aromatic nitrogens is 3. The van der Waals surface area contributed by atoms with E-state index in [1.54, 1.807) is 6.20 Å². The normalized spacial score (nSPS) is 19.8. The van der Waals surface area contributed by atoms with Crippen molar-refractivity contribution in [1.29, 1.82) is 0 Å². The minimum Gasteiger partial charge on any atom is -0.381 e. The molecule has 186 valence electrons. The zero-order valence-electron chi connectivity index (χ0n) is 20.7. The van der Waals surface area contributed by atoms with E-state index in [1.807, 2.05) is 46.8 Å². The van der Waals surface area contributed by atoms with Gasteiger partial charge in [-0.25, -0.2) is 0 Å². The largest absolute Gasteiger partial charge is 0.381 e. The number of hydrogen-bond donors (Lipinski definition) is 1. The molecule has 0 aliphatic carbocycles. The summed E-state index contributed by atoms with van der Waals surface area (Å²) in [7, 11) is 2.12. The quantitative estimate of drug-likeness (QED) is 0.479. The van der Waals surface area contributed by atoms with Crippen LogP contribution in [0.25, 0.3) is 21.8 Å². The van der Waals surface area contributed by atoms with Crippen molar-refractivity contribution < 1.29 is 9.53 Å². The summed E-state index contributed by atoms with van der Waals surface area (Å²) < 4.78 is 7.51. The van der Waals surface area contributed by atoms with E-state index in [9.17, 15) is 9.59 Å². The number of carbonyl (C=O) groups is 1. The summed E-state index contributed by atoms with van der Waals surface area (Å²) in [4.78, 5) is 34.0. The van der Waals surface area contributed by atoms with Gasteiger partial charge in [-0.2, -0.15) is 5.10 Å². The van der Waals surface area contributed by atoms with Gasteiger partial charge in [-0.3, -0.25) is 19.2 Å². The van der Waals surface area contributed by atoms with E-state index in [2.05, 4.69) is 34.2 Å². The molecule has 1 amide bonds. The van der Waals surface area contributed by atoms with Gasteiger partial charge in [0.1, 0.15) is 0 Å². The molecule has 4 aromatic rings. The number of pyridine rings is 1. The van der Waals surface area contributed by atoms with E-state index in [0.29, 0.717) is 37.3 Å². The highest BCUT2D eigenvalue weighted by molar-refractivity contribution is 6.07. The Morgan fingerprint density at radius 3 is 2.64 bits per heavy atom. The lowest BCUT2D eigenvalue weighted by atomic mass is 9.99. The molecule has 2 aromatic carbocycles. The van der Waals surface area contributed by atoms with Crippen molar-refractivity contribution in [2.75, 3.05) is 39.9 Å². The fourth-order valence-electron chi connectivity index (χ4n) is 5.69. The number of amides is 1. The number of nitrogens with one attached hydrogen (secondary N) is 1. The number of rotatable bonds is 3. The lowest BCUT2D eigenvalue weighted by Crippen LogP contribution is -2.49. The fourth-order valence-corrected chi connectivity index (χ4v) is 5.69. The van der Waals surface area contributed by atoms with Crippen molar-refractivity contribution in [2.45, 2.75) is 31.8 Å². The molecule has 8 heteroatoms. The summed E-state index contributed by atoms with van der Waals surface area (Å²) >= 11 is 0. The third kappa shape index (κ3) is 3.90. The highest BCUT2D eigenvalue weighted by atomic mass is 16.5. The van der Waals surface area contributed by atoms with Gasteiger partial charge in [-0.15, -0.1) is 0 Å². The molecule has 2 saturated heterocycles. The van der Waals surface area contributed by atoms with Gasteiger partial charge >= 0.3 is 0 Å². The number of carbonyl (C=O) groups excluding carboxylic acids is 1. The maximum Gasteiger partial charge on any atom is 0.259 e. The van der Waals surface area contributed by atoms with Crippen LogP contribution < -0.4 is 5.56 Å². The molecule has 2 aromatic heterocycles. The predicted molar refractivity (Wildman–Crippen MR) is 139 cm³/mol. The van der Waals surface area contributed by atoms with Gasteiger partial charge in [0.05, 0.1) is 34.7 Å². The number of aromatic amines is 1. The van der Waals surface area contributed by atoms with Crippen molar-refractivity contribution >= 4 is 27.7 Å².